The zero-order valence-electron chi connectivity index (χ0n) is 11.3. The smallest absolute Gasteiger partial charge is 0.123 e. The van der Waals surface area contributed by atoms with Crippen LogP contribution in [0, 0.1) is 11.2 Å². The van der Waals surface area contributed by atoms with Gasteiger partial charge in [-0.25, -0.2) is 4.39 Å². The maximum atomic E-state index is 13.0. The molecular weight excluding hydrogens is 215 g/mol. The Hall–Kier alpha value is -0.930. The minimum Gasteiger partial charge on any atom is -0.312 e. The Morgan fingerprint density at radius 1 is 1.29 bits per heavy atom. The second-order valence-corrected chi connectivity index (χ2v) is 5.64. The summed E-state index contributed by atoms with van der Waals surface area (Å²) in [6, 6.07) is 6.73. The van der Waals surface area contributed by atoms with Crippen molar-refractivity contribution in [1.82, 2.24) is 10.2 Å². The molecule has 3 heteroatoms. The van der Waals surface area contributed by atoms with Gasteiger partial charge in [-0.3, -0.25) is 0 Å². The largest absolute Gasteiger partial charge is 0.312 e. The van der Waals surface area contributed by atoms with Crippen LogP contribution < -0.4 is 5.32 Å². The van der Waals surface area contributed by atoms with E-state index in [-0.39, 0.29) is 11.2 Å². The number of nitrogens with zero attached hydrogens (tertiary/aromatic N) is 1. The lowest BCUT2D eigenvalue weighted by atomic mass is 9.93. The van der Waals surface area contributed by atoms with E-state index in [1.54, 1.807) is 12.1 Å². The van der Waals surface area contributed by atoms with Gasteiger partial charge in [0, 0.05) is 19.6 Å². The van der Waals surface area contributed by atoms with Crippen molar-refractivity contribution in [3.8, 4) is 0 Å². The summed E-state index contributed by atoms with van der Waals surface area (Å²) in [4.78, 5) is 2.18. The van der Waals surface area contributed by atoms with Gasteiger partial charge in [-0.15, -0.1) is 0 Å². The number of halogens is 1. The molecule has 0 radical (unpaired) electrons. The van der Waals surface area contributed by atoms with E-state index < -0.39 is 0 Å². The lowest BCUT2D eigenvalue weighted by Crippen LogP contribution is -2.37. The molecule has 1 N–H and O–H groups in total. The Kier molecular flexibility index (Phi) is 5.09. The first-order valence-electron chi connectivity index (χ1n) is 5.99. The molecule has 0 unspecified atom stereocenters. The topological polar surface area (TPSA) is 15.3 Å². The molecule has 0 saturated carbocycles. The van der Waals surface area contributed by atoms with E-state index >= 15 is 0 Å². The van der Waals surface area contributed by atoms with Crippen molar-refractivity contribution in [3.05, 3.63) is 35.6 Å². The van der Waals surface area contributed by atoms with Crippen LogP contribution in [0.4, 0.5) is 4.39 Å². The number of hydrogen-bond acceptors (Lipinski definition) is 2. The Morgan fingerprint density at radius 3 is 2.59 bits per heavy atom. The van der Waals surface area contributed by atoms with Gasteiger partial charge in [0.25, 0.3) is 0 Å². The first kappa shape index (κ1) is 14.1. The maximum Gasteiger partial charge on any atom is 0.123 e. The van der Waals surface area contributed by atoms with Crippen LogP contribution in [0.25, 0.3) is 0 Å². The number of benzene rings is 1. The van der Waals surface area contributed by atoms with Crippen LogP contribution in [-0.4, -0.2) is 32.1 Å². The van der Waals surface area contributed by atoms with Crippen molar-refractivity contribution in [2.24, 2.45) is 5.41 Å². The zero-order chi connectivity index (χ0) is 12.9. The fourth-order valence-corrected chi connectivity index (χ4v) is 2.10. The highest BCUT2D eigenvalue weighted by Gasteiger charge is 2.17. The maximum absolute atomic E-state index is 13.0. The molecule has 1 aromatic carbocycles. The van der Waals surface area contributed by atoms with E-state index in [0.29, 0.717) is 6.54 Å². The second-order valence-electron chi connectivity index (χ2n) is 5.64. The van der Waals surface area contributed by atoms with Crippen LogP contribution in [-0.2, 0) is 6.54 Å². The molecule has 0 fully saturated rings. The van der Waals surface area contributed by atoms with E-state index in [1.165, 1.54) is 6.07 Å². The van der Waals surface area contributed by atoms with E-state index in [0.717, 1.165) is 18.7 Å². The molecule has 96 valence electrons. The van der Waals surface area contributed by atoms with Gasteiger partial charge in [0.15, 0.2) is 0 Å². The number of hydrogen-bond donors (Lipinski definition) is 1. The van der Waals surface area contributed by atoms with Gasteiger partial charge in [-0.2, -0.15) is 0 Å². The van der Waals surface area contributed by atoms with Gasteiger partial charge in [0.2, 0.25) is 0 Å². The molecule has 1 aromatic rings. The lowest BCUT2D eigenvalue weighted by molar-refractivity contribution is 0.232. The Bertz CT molecular complexity index is 348. The fraction of sp³-hybridized carbons (Fsp3) is 0.571. The molecule has 1 rings (SSSR count). The second kappa shape index (κ2) is 6.12. The van der Waals surface area contributed by atoms with Crippen molar-refractivity contribution in [1.29, 1.82) is 0 Å². The third-order valence-electron chi connectivity index (χ3n) is 2.57. The predicted octanol–water partition coefficient (Wildman–Crippen LogP) is 2.50. The minimum absolute atomic E-state index is 0.170. The van der Waals surface area contributed by atoms with Crippen LogP contribution >= 0.6 is 0 Å². The average molecular weight is 238 g/mol. The normalized spacial score (nSPS) is 12.1. The van der Waals surface area contributed by atoms with Gasteiger partial charge < -0.3 is 10.2 Å². The Labute approximate surface area is 104 Å². The van der Waals surface area contributed by atoms with Crippen LogP contribution in [0.1, 0.15) is 19.4 Å². The zero-order valence-corrected chi connectivity index (χ0v) is 11.3. The monoisotopic (exact) mass is 238 g/mol. The molecule has 0 saturated heterocycles. The summed E-state index contributed by atoms with van der Waals surface area (Å²) in [5.74, 6) is -0.170. The molecule has 0 amide bonds. The third-order valence-corrected chi connectivity index (χ3v) is 2.57. The highest BCUT2D eigenvalue weighted by molar-refractivity contribution is 5.15. The lowest BCUT2D eigenvalue weighted by Gasteiger charge is -2.28. The summed E-state index contributed by atoms with van der Waals surface area (Å²) in [6.07, 6.45) is 0. The summed E-state index contributed by atoms with van der Waals surface area (Å²) >= 11 is 0. The van der Waals surface area contributed by atoms with Gasteiger partial charge in [0.1, 0.15) is 5.82 Å². The number of nitrogens with one attached hydrogen (secondary N) is 1. The SMILES string of the molecule is CN(C)CC(C)(C)CNCc1cccc(F)c1. The summed E-state index contributed by atoms with van der Waals surface area (Å²) in [5, 5.41) is 3.38. The van der Waals surface area contributed by atoms with E-state index in [9.17, 15) is 4.39 Å². The van der Waals surface area contributed by atoms with Gasteiger partial charge in [0.05, 0.1) is 0 Å². The van der Waals surface area contributed by atoms with Gasteiger partial charge in [-0.1, -0.05) is 26.0 Å². The van der Waals surface area contributed by atoms with Crippen LogP contribution in [0.2, 0.25) is 0 Å². The van der Waals surface area contributed by atoms with E-state index in [2.05, 4.69) is 38.2 Å². The molecule has 0 aromatic heterocycles. The molecule has 0 heterocycles. The van der Waals surface area contributed by atoms with E-state index in [4.69, 9.17) is 0 Å². The molecule has 0 aliphatic carbocycles. The Balaban J connectivity index is 2.37. The first-order chi connectivity index (χ1) is 7.89. The molecule has 0 aliphatic rings. The van der Waals surface area contributed by atoms with E-state index in [1.807, 2.05) is 6.07 Å². The standard InChI is InChI=1S/C14H23FN2/c1-14(2,11-17(3)4)10-16-9-12-6-5-7-13(15)8-12/h5-8,16H,9-11H2,1-4H3. The Morgan fingerprint density at radius 2 is 2.00 bits per heavy atom. The van der Waals surface area contributed by atoms with Crippen molar-refractivity contribution in [3.63, 3.8) is 0 Å². The summed E-state index contributed by atoms with van der Waals surface area (Å²) in [7, 11) is 4.16. The highest BCUT2D eigenvalue weighted by Crippen LogP contribution is 2.14. The van der Waals surface area contributed by atoms with Crippen molar-refractivity contribution < 1.29 is 4.39 Å². The van der Waals surface area contributed by atoms with Gasteiger partial charge in [-0.05, 0) is 37.2 Å². The summed E-state index contributed by atoms with van der Waals surface area (Å²) in [6.45, 7) is 7.12. The van der Waals surface area contributed by atoms with Crippen molar-refractivity contribution in [2.75, 3.05) is 27.2 Å². The molecular formula is C14H23FN2. The molecule has 17 heavy (non-hydrogen) atoms. The highest BCUT2D eigenvalue weighted by atomic mass is 19.1. The van der Waals surface area contributed by atoms with Crippen LogP contribution in [0.3, 0.4) is 0 Å². The molecule has 0 aliphatic heterocycles. The van der Waals surface area contributed by atoms with Crippen molar-refractivity contribution >= 4 is 0 Å². The van der Waals surface area contributed by atoms with Crippen molar-refractivity contribution in [2.45, 2.75) is 20.4 Å². The quantitative estimate of drug-likeness (QED) is 0.819. The van der Waals surface area contributed by atoms with Crippen LogP contribution in [0.15, 0.2) is 24.3 Å². The molecule has 0 atom stereocenters. The fourth-order valence-electron chi connectivity index (χ4n) is 2.10. The molecule has 0 spiro atoms. The molecule has 2 nitrogen and oxygen atoms in total. The minimum atomic E-state index is -0.170. The third kappa shape index (κ3) is 5.80. The van der Waals surface area contributed by atoms with Crippen LogP contribution in [0.5, 0.6) is 0 Å². The predicted molar refractivity (Wildman–Crippen MR) is 70.4 cm³/mol. The summed E-state index contributed by atoms with van der Waals surface area (Å²) in [5.41, 5.74) is 1.21. The average Bonchev–Trinajstić information content (AvgIpc) is 2.15. The van der Waals surface area contributed by atoms with Gasteiger partial charge >= 0.3 is 0 Å². The molecule has 0 bridgehead atoms. The summed E-state index contributed by atoms with van der Waals surface area (Å²) < 4.78 is 13.0. The number of rotatable bonds is 6. The first-order valence-corrected chi connectivity index (χ1v) is 5.99.